The molecule has 2 aliphatic rings. The highest BCUT2D eigenvalue weighted by Gasteiger charge is 2.27. The third kappa shape index (κ3) is 3.45. The maximum absolute atomic E-state index is 12.2. The van der Waals surface area contributed by atoms with Crippen molar-refractivity contribution >= 4 is 27.3 Å². The van der Waals surface area contributed by atoms with Gasteiger partial charge in [-0.3, -0.25) is 9.69 Å². The van der Waals surface area contributed by atoms with Crippen molar-refractivity contribution in [1.82, 2.24) is 10.2 Å². The largest absolute Gasteiger partial charge is 0.348 e. The minimum Gasteiger partial charge on any atom is -0.348 e. The van der Waals surface area contributed by atoms with Gasteiger partial charge in [0.1, 0.15) is 0 Å². The number of sulfone groups is 1. The van der Waals surface area contributed by atoms with Crippen LogP contribution in [0.25, 0.3) is 0 Å². The zero-order valence-electron chi connectivity index (χ0n) is 12.2. The van der Waals surface area contributed by atoms with Crippen LogP contribution in [-0.2, 0) is 21.1 Å². The van der Waals surface area contributed by atoms with Gasteiger partial charge in [-0.15, -0.1) is 0 Å². The van der Waals surface area contributed by atoms with Crippen LogP contribution < -0.4 is 5.32 Å². The Labute approximate surface area is 135 Å². The fourth-order valence-corrected chi connectivity index (χ4v) is 4.66. The topological polar surface area (TPSA) is 66.5 Å². The summed E-state index contributed by atoms with van der Waals surface area (Å²) < 4.78 is 22.8. The van der Waals surface area contributed by atoms with E-state index in [-0.39, 0.29) is 30.0 Å². The van der Waals surface area contributed by atoms with E-state index in [9.17, 15) is 13.2 Å². The number of nitrogens with zero attached hydrogens (tertiary/aromatic N) is 1. The van der Waals surface area contributed by atoms with Crippen molar-refractivity contribution in [3.05, 3.63) is 34.3 Å². The maximum atomic E-state index is 12.2. The third-order valence-electron chi connectivity index (χ3n) is 4.35. The minimum absolute atomic E-state index is 0.00900. The molecule has 1 amide bonds. The fourth-order valence-electron chi connectivity index (χ4n) is 3.11. The van der Waals surface area contributed by atoms with Crippen LogP contribution in [0.15, 0.2) is 18.2 Å². The number of halogens is 1. The van der Waals surface area contributed by atoms with E-state index in [0.717, 1.165) is 29.0 Å². The molecule has 1 heterocycles. The molecule has 22 heavy (non-hydrogen) atoms. The molecular weight excluding hydrogens is 324 g/mol. The normalized spacial score (nSPS) is 24.0. The molecule has 0 aromatic heterocycles. The van der Waals surface area contributed by atoms with Gasteiger partial charge in [0.15, 0.2) is 9.84 Å². The second-order valence-electron chi connectivity index (χ2n) is 5.89. The van der Waals surface area contributed by atoms with Crippen LogP contribution in [0.1, 0.15) is 23.6 Å². The summed E-state index contributed by atoms with van der Waals surface area (Å²) in [5.41, 5.74) is 2.22. The second-order valence-corrected chi connectivity index (χ2v) is 8.61. The van der Waals surface area contributed by atoms with E-state index in [4.69, 9.17) is 11.6 Å². The van der Waals surface area contributed by atoms with Gasteiger partial charge >= 0.3 is 0 Å². The van der Waals surface area contributed by atoms with Crippen LogP contribution in [0.4, 0.5) is 0 Å². The van der Waals surface area contributed by atoms with Crippen molar-refractivity contribution in [3.8, 4) is 0 Å². The number of carbonyl (C=O) groups excluding carboxylic acids is 1. The lowest BCUT2D eigenvalue weighted by molar-refractivity contribution is -0.122. The first kappa shape index (κ1) is 15.8. The summed E-state index contributed by atoms with van der Waals surface area (Å²) >= 11 is 6.18. The van der Waals surface area contributed by atoms with E-state index in [2.05, 4.69) is 5.32 Å². The molecule has 3 rings (SSSR count). The van der Waals surface area contributed by atoms with Gasteiger partial charge in [-0.1, -0.05) is 23.7 Å². The Morgan fingerprint density at radius 2 is 2.05 bits per heavy atom. The lowest BCUT2D eigenvalue weighted by Crippen LogP contribution is -2.45. The molecule has 120 valence electrons. The van der Waals surface area contributed by atoms with E-state index >= 15 is 0 Å². The number of benzene rings is 1. The molecule has 1 fully saturated rings. The molecule has 1 saturated heterocycles. The van der Waals surface area contributed by atoms with Crippen LogP contribution in [0, 0.1) is 0 Å². The van der Waals surface area contributed by atoms with Crippen molar-refractivity contribution in [1.29, 1.82) is 0 Å². The Morgan fingerprint density at radius 3 is 2.77 bits per heavy atom. The second kappa shape index (κ2) is 6.18. The summed E-state index contributed by atoms with van der Waals surface area (Å²) in [6, 6.07) is 5.79. The molecule has 0 unspecified atom stereocenters. The zero-order chi connectivity index (χ0) is 15.7. The first-order chi connectivity index (χ1) is 10.4. The molecule has 1 aromatic carbocycles. The summed E-state index contributed by atoms with van der Waals surface area (Å²) in [5, 5.41) is 3.80. The van der Waals surface area contributed by atoms with Gasteiger partial charge < -0.3 is 5.32 Å². The van der Waals surface area contributed by atoms with Crippen molar-refractivity contribution in [3.63, 3.8) is 0 Å². The molecule has 1 N–H and O–H groups in total. The molecule has 1 aliphatic carbocycles. The fraction of sp³-hybridized carbons (Fsp3) is 0.533. The Morgan fingerprint density at radius 1 is 1.32 bits per heavy atom. The van der Waals surface area contributed by atoms with E-state index in [1.54, 1.807) is 0 Å². The van der Waals surface area contributed by atoms with Crippen LogP contribution >= 0.6 is 11.6 Å². The molecule has 0 saturated carbocycles. The Hall–Kier alpha value is -1.11. The molecule has 0 bridgehead atoms. The minimum atomic E-state index is -2.91. The number of fused-ring (bicyclic) bond motifs is 1. The van der Waals surface area contributed by atoms with Gasteiger partial charge in [0, 0.05) is 18.1 Å². The molecule has 1 aromatic rings. The van der Waals surface area contributed by atoms with Gasteiger partial charge in [0.25, 0.3) is 0 Å². The van der Waals surface area contributed by atoms with E-state index in [1.807, 2.05) is 23.1 Å². The predicted molar refractivity (Wildman–Crippen MR) is 85.8 cm³/mol. The van der Waals surface area contributed by atoms with Crippen LogP contribution in [0.2, 0.25) is 5.02 Å². The average molecular weight is 343 g/mol. The smallest absolute Gasteiger partial charge is 0.234 e. The SMILES string of the molecule is O=C(CN1CCS(=O)(=O)CC1)N[C@H]1CCc2c(Cl)cccc21. The van der Waals surface area contributed by atoms with Crippen molar-refractivity contribution in [2.45, 2.75) is 18.9 Å². The number of amides is 1. The first-order valence-corrected chi connectivity index (χ1v) is 9.64. The molecule has 7 heteroatoms. The van der Waals surface area contributed by atoms with Crippen molar-refractivity contribution in [2.24, 2.45) is 0 Å². The van der Waals surface area contributed by atoms with Crippen molar-refractivity contribution < 1.29 is 13.2 Å². The monoisotopic (exact) mass is 342 g/mol. The van der Waals surface area contributed by atoms with Gasteiger partial charge in [-0.05, 0) is 30.0 Å². The van der Waals surface area contributed by atoms with E-state index in [0.29, 0.717) is 13.1 Å². The third-order valence-corrected chi connectivity index (χ3v) is 6.32. The Kier molecular flexibility index (Phi) is 4.43. The van der Waals surface area contributed by atoms with E-state index in [1.165, 1.54) is 0 Å². The lowest BCUT2D eigenvalue weighted by Gasteiger charge is -2.26. The molecule has 0 spiro atoms. The number of nitrogens with one attached hydrogen (secondary N) is 1. The summed E-state index contributed by atoms with van der Waals surface area (Å²) in [5.74, 6) is 0.224. The number of hydrogen-bond donors (Lipinski definition) is 1. The molecular formula is C15H19ClN2O3S. The highest BCUT2D eigenvalue weighted by Crippen LogP contribution is 2.35. The average Bonchev–Trinajstić information content (AvgIpc) is 2.86. The summed E-state index contributed by atoms with van der Waals surface area (Å²) in [7, 11) is -2.91. The number of carbonyl (C=O) groups is 1. The Bertz CT molecular complexity index is 676. The van der Waals surface area contributed by atoms with E-state index < -0.39 is 9.84 Å². The summed E-state index contributed by atoms with van der Waals surface area (Å²) in [4.78, 5) is 14.1. The summed E-state index contributed by atoms with van der Waals surface area (Å²) in [6.07, 6.45) is 1.74. The van der Waals surface area contributed by atoms with Gasteiger partial charge in [-0.2, -0.15) is 0 Å². The zero-order valence-corrected chi connectivity index (χ0v) is 13.8. The highest BCUT2D eigenvalue weighted by molar-refractivity contribution is 7.91. The lowest BCUT2D eigenvalue weighted by atomic mass is 10.1. The quantitative estimate of drug-likeness (QED) is 0.895. The molecule has 5 nitrogen and oxygen atoms in total. The number of hydrogen-bond acceptors (Lipinski definition) is 4. The van der Waals surface area contributed by atoms with Gasteiger partial charge in [0.05, 0.1) is 24.1 Å². The summed E-state index contributed by atoms with van der Waals surface area (Å²) in [6.45, 7) is 1.12. The van der Waals surface area contributed by atoms with Crippen LogP contribution in [0.5, 0.6) is 0 Å². The Balaban J connectivity index is 1.57. The molecule has 1 aliphatic heterocycles. The first-order valence-electron chi connectivity index (χ1n) is 7.44. The van der Waals surface area contributed by atoms with Crippen LogP contribution in [-0.4, -0.2) is 50.4 Å². The number of rotatable bonds is 3. The van der Waals surface area contributed by atoms with Gasteiger partial charge in [-0.25, -0.2) is 8.42 Å². The predicted octanol–water partition coefficient (Wildman–Crippen LogP) is 1.17. The maximum Gasteiger partial charge on any atom is 0.234 e. The van der Waals surface area contributed by atoms with Crippen molar-refractivity contribution in [2.75, 3.05) is 31.1 Å². The highest BCUT2D eigenvalue weighted by atomic mass is 35.5. The van der Waals surface area contributed by atoms with Crippen LogP contribution in [0.3, 0.4) is 0 Å². The molecule has 1 atom stereocenters. The standard InChI is InChI=1S/C15H19ClN2O3S/c16-13-3-1-2-12-11(13)4-5-14(12)17-15(19)10-18-6-8-22(20,21)9-7-18/h1-3,14H,4-10H2,(H,17,19)/t14-/m0/s1. The molecule has 0 radical (unpaired) electrons. The van der Waals surface area contributed by atoms with Gasteiger partial charge in [0.2, 0.25) is 5.91 Å².